The lowest BCUT2D eigenvalue weighted by Crippen LogP contribution is -2.29. The van der Waals surface area contributed by atoms with Gasteiger partial charge in [-0.25, -0.2) is 0 Å². The zero-order valence-electron chi connectivity index (χ0n) is 10.5. The molecule has 2 rings (SSSR count). The highest BCUT2D eigenvalue weighted by atomic mass is 16.2. The number of anilines is 1. The molecule has 0 heterocycles. The van der Waals surface area contributed by atoms with E-state index in [-0.39, 0.29) is 5.91 Å². The molecule has 0 saturated carbocycles. The van der Waals surface area contributed by atoms with Crippen LogP contribution in [0.25, 0.3) is 0 Å². The van der Waals surface area contributed by atoms with E-state index in [0.717, 1.165) is 11.3 Å². The third-order valence-corrected chi connectivity index (χ3v) is 2.76. The molecule has 1 amide bonds. The van der Waals surface area contributed by atoms with Crippen LogP contribution in [0.1, 0.15) is 21.5 Å². The monoisotopic (exact) mass is 240 g/mol. The van der Waals surface area contributed by atoms with E-state index in [1.807, 2.05) is 62.4 Å². The highest BCUT2D eigenvalue weighted by molar-refractivity contribution is 5.96. The summed E-state index contributed by atoms with van der Waals surface area (Å²) in [6.45, 7) is 3.94. The van der Waals surface area contributed by atoms with Crippen LogP contribution >= 0.6 is 0 Å². The van der Waals surface area contributed by atoms with Crippen LogP contribution in [0.15, 0.2) is 48.5 Å². The predicted octanol–water partition coefficient (Wildman–Crippen LogP) is 3.06. The Morgan fingerprint density at radius 3 is 2.28 bits per heavy atom. The molecule has 3 nitrogen and oxygen atoms in total. The van der Waals surface area contributed by atoms with Gasteiger partial charge in [0, 0.05) is 5.56 Å². The SMILES string of the molecule is Cc1ccc(NNC(=O)c2ccccc2C)cc1. The second-order valence-corrected chi connectivity index (χ2v) is 4.26. The van der Waals surface area contributed by atoms with Gasteiger partial charge in [-0.15, -0.1) is 0 Å². The second kappa shape index (κ2) is 5.36. The Labute approximate surface area is 107 Å². The molecule has 0 fully saturated rings. The molecule has 0 unspecified atom stereocenters. The van der Waals surface area contributed by atoms with Gasteiger partial charge in [0.1, 0.15) is 0 Å². The molecule has 0 aromatic heterocycles. The van der Waals surface area contributed by atoms with Crippen molar-refractivity contribution in [2.75, 3.05) is 5.43 Å². The van der Waals surface area contributed by atoms with Gasteiger partial charge >= 0.3 is 0 Å². The van der Waals surface area contributed by atoms with Crippen molar-refractivity contribution in [2.45, 2.75) is 13.8 Å². The summed E-state index contributed by atoms with van der Waals surface area (Å²) in [6.07, 6.45) is 0. The van der Waals surface area contributed by atoms with Crippen LogP contribution in [0.4, 0.5) is 5.69 Å². The maximum absolute atomic E-state index is 11.9. The zero-order valence-corrected chi connectivity index (χ0v) is 10.5. The largest absolute Gasteiger partial charge is 0.298 e. The van der Waals surface area contributed by atoms with Crippen molar-refractivity contribution in [2.24, 2.45) is 0 Å². The van der Waals surface area contributed by atoms with Gasteiger partial charge in [0.2, 0.25) is 0 Å². The molecular weight excluding hydrogens is 224 g/mol. The van der Waals surface area contributed by atoms with Gasteiger partial charge in [-0.05, 0) is 37.6 Å². The molecule has 0 spiro atoms. The summed E-state index contributed by atoms with van der Waals surface area (Å²) in [6, 6.07) is 15.3. The fourth-order valence-electron chi connectivity index (χ4n) is 1.66. The van der Waals surface area contributed by atoms with Crippen LogP contribution in [0.2, 0.25) is 0 Å². The molecule has 0 aliphatic carbocycles. The quantitative estimate of drug-likeness (QED) is 0.809. The van der Waals surface area contributed by atoms with Crippen LogP contribution in [-0.2, 0) is 0 Å². The molecular formula is C15H16N2O. The summed E-state index contributed by atoms with van der Waals surface area (Å²) in [5.41, 5.74) is 9.27. The molecule has 0 saturated heterocycles. The minimum atomic E-state index is -0.131. The summed E-state index contributed by atoms with van der Waals surface area (Å²) in [4.78, 5) is 11.9. The molecule has 2 N–H and O–H groups in total. The van der Waals surface area contributed by atoms with Gasteiger partial charge in [0.15, 0.2) is 0 Å². The molecule has 0 radical (unpaired) electrons. The second-order valence-electron chi connectivity index (χ2n) is 4.26. The van der Waals surface area contributed by atoms with Crippen molar-refractivity contribution in [3.05, 3.63) is 65.2 Å². The van der Waals surface area contributed by atoms with Crippen LogP contribution in [0.5, 0.6) is 0 Å². The number of hydrogen-bond acceptors (Lipinski definition) is 2. The van der Waals surface area contributed by atoms with Crippen LogP contribution in [0.3, 0.4) is 0 Å². The van der Waals surface area contributed by atoms with E-state index in [1.165, 1.54) is 5.56 Å². The first-order chi connectivity index (χ1) is 8.66. The number of amides is 1. The first kappa shape index (κ1) is 12.2. The summed E-state index contributed by atoms with van der Waals surface area (Å²) >= 11 is 0. The summed E-state index contributed by atoms with van der Waals surface area (Å²) < 4.78 is 0. The third kappa shape index (κ3) is 2.88. The zero-order chi connectivity index (χ0) is 13.0. The average molecular weight is 240 g/mol. The normalized spacial score (nSPS) is 9.89. The van der Waals surface area contributed by atoms with E-state index in [2.05, 4.69) is 10.9 Å². The molecule has 92 valence electrons. The number of benzene rings is 2. The number of hydrazine groups is 1. The highest BCUT2D eigenvalue weighted by Crippen LogP contribution is 2.09. The Hall–Kier alpha value is -2.29. The number of aryl methyl sites for hydroxylation is 2. The van der Waals surface area contributed by atoms with E-state index in [0.29, 0.717) is 5.56 Å². The molecule has 0 aliphatic heterocycles. The Bertz CT molecular complexity index is 547. The first-order valence-corrected chi connectivity index (χ1v) is 5.85. The number of carbonyl (C=O) groups excluding carboxylic acids is 1. The average Bonchev–Trinajstić information content (AvgIpc) is 2.38. The lowest BCUT2D eigenvalue weighted by molar-refractivity contribution is 0.0962. The number of hydrogen-bond donors (Lipinski definition) is 2. The molecule has 0 atom stereocenters. The Balaban J connectivity index is 2.01. The van der Waals surface area contributed by atoms with Crippen molar-refractivity contribution < 1.29 is 4.79 Å². The predicted molar refractivity (Wildman–Crippen MR) is 73.4 cm³/mol. The lowest BCUT2D eigenvalue weighted by Gasteiger charge is -2.10. The van der Waals surface area contributed by atoms with Gasteiger partial charge in [-0.2, -0.15) is 0 Å². The van der Waals surface area contributed by atoms with Gasteiger partial charge < -0.3 is 0 Å². The highest BCUT2D eigenvalue weighted by Gasteiger charge is 2.06. The van der Waals surface area contributed by atoms with E-state index < -0.39 is 0 Å². The fourth-order valence-corrected chi connectivity index (χ4v) is 1.66. The summed E-state index contributed by atoms with van der Waals surface area (Å²) in [5, 5.41) is 0. The van der Waals surface area contributed by atoms with E-state index in [9.17, 15) is 4.79 Å². The minimum absolute atomic E-state index is 0.131. The van der Waals surface area contributed by atoms with Crippen molar-refractivity contribution >= 4 is 11.6 Å². The van der Waals surface area contributed by atoms with Crippen molar-refractivity contribution in [1.29, 1.82) is 0 Å². The maximum Gasteiger partial charge on any atom is 0.269 e. The smallest absolute Gasteiger partial charge is 0.269 e. The van der Waals surface area contributed by atoms with E-state index in [4.69, 9.17) is 0 Å². The number of nitrogens with one attached hydrogen (secondary N) is 2. The van der Waals surface area contributed by atoms with Gasteiger partial charge in [0.05, 0.1) is 5.69 Å². The molecule has 0 aliphatic rings. The molecule has 2 aromatic rings. The summed E-state index contributed by atoms with van der Waals surface area (Å²) in [5.74, 6) is -0.131. The van der Waals surface area contributed by atoms with Gasteiger partial charge in [0.25, 0.3) is 5.91 Å². The van der Waals surface area contributed by atoms with Crippen LogP contribution < -0.4 is 10.9 Å². The molecule has 0 bridgehead atoms. The number of rotatable bonds is 3. The summed E-state index contributed by atoms with van der Waals surface area (Å²) in [7, 11) is 0. The Morgan fingerprint density at radius 2 is 1.61 bits per heavy atom. The molecule has 18 heavy (non-hydrogen) atoms. The Kier molecular flexibility index (Phi) is 3.63. The van der Waals surface area contributed by atoms with Crippen molar-refractivity contribution in [3.63, 3.8) is 0 Å². The first-order valence-electron chi connectivity index (χ1n) is 5.85. The van der Waals surface area contributed by atoms with E-state index in [1.54, 1.807) is 0 Å². The Morgan fingerprint density at radius 1 is 0.944 bits per heavy atom. The van der Waals surface area contributed by atoms with Crippen molar-refractivity contribution in [1.82, 2.24) is 5.43 Å². The van der Waals surface area contributed by atoms with Crippen LogP contribution in [-0.4, -0.2) is 5.91 Å². The van der Waals surface area contributed by atoms with Crippen LogP contribution in [0, 0.1) is 13.8 Å². The van der Waals surface area contributed by atoms with Crippen molar-refractivity contribution in [3.8, 4) is 0 Å². The maximum atomic E-state index is 11.9. The minimum Gasteiger partial charge on any atom is -0.298 e. The lowest BCUT2D eigenvalue weighted by atomic mass is 10.1. The van der Waals surface area contributed by atoms with Gasteiger partial charge in [-0.1, -0.05) is 35.9 Å². The standard InChI is InChI=1S/C15H16N2O/c1-11-7-9-13(10-8-11)16-17-15(18)14-6-4-3-5-12(14)2/h3-10,16H,1-2H3,(H,17,18). The fraction of sp³-hybridized carbons (Fsp3) is 0.133. The molecule has 3 heteroatoms. The topological polar surface area (TPSA) is 41.1 Å². The van der Waals surface area contributed by atoms with Gasteiger partial charge in [-0.3, -0.25) is 15.6 Å². The third-order valence-electron chi connectivity index (χ3n) is 2.76. The number of carbonyl (C=O) groups is 1. The molecule has 2 aromatic carbocycles. The van der Waals surface area contributed by atoms with E-state index >= 15 is 0 Å².